The van der Waals surface area contributed by atoms with Crippen molar-refractivity contribution >= 4 is 17.5 Å². The third kappa shape index (κ3) is 1.62. The number of hydrogen-bond acceptors (Lipinski definition) is 4. The topological polar surface area (TPSA) is 78.1 Å². The fraction of sp³-hybridized carbons (Fsp3) is 0.167. The maximum Gasteiger partial charge on any atom is 0.255 e. The fourth-order valence-corrected chi connectivity index (χ4v) is 0.796. The van der Waals surface area contributed by atoms with Crippen molar-refractivity contribution in [2.75, 3.05) is 7.11 Å². The van der Waals surface area contributed by atoms with Crippen LogP contribution >= 0.6 is 11.6 Å². The van der Waals surface area contributed by atoms with E-state index in [1.807, 2.05) is 0 Å². The Morgan fingerprint density at radius 2 is 2.42 bits per heavy atom. The van der Waals surface area contributed by atoms with E-state index in [9.17, 15) is 4.79 Å². The van der Waals surface area contributed by atoms with E-state index in [-0.39, 0.29) is 16.7 Å². The average molecular weight is 188 g/mol. The Morgan fingerprint density at radius 3 is 2.92 bits per heavy atom. The number of ether oxygens (including phenoxy) is 1. The predicted molar refractivity (Wildman–Crippen MR) is 42.1 cm³/mol. The number of nitrogens with zero attached hydrogens (tertiary/aromatic N) is 2. The molecule has 0 saturated carbocycles. The third-order valence-electron chi connectivity index (χ3n) is 1.18. The molecule has 6 heteroatoms. The highest BCUT2D eigenvalue weighted by Crippen LogP contribution is 2.14. The number of methoxy groups -OCH3 is 1. The van der Waals surface area contributed by atoms with Crippen LogP contribution in [0.4, 0.5) is 0 Å². The first-order valence-corrected chi connectivity index (χ1v) is 3.39. The molecule has 0 spiro atoms. The van der Waals surface area contributed by atoms with Crippen LogP contribution in [-0.4, -0.2) is 23.0 Å². The molecule has 0 aliphatic heterocycles. The molecule has 1 amide bonds. The second-order valence-electron chi connectivity index (χ2n) is 1.93. The number of aromatic nitrogens is 2. The van der Waals surface area contributed by atoms with Crippen LogP contribution in [0.3, 0.4) is 0 Å². The molecular weight excluding hydrogens is 182 g/mol. The maximum atomic E-state index is 10.7. The predicted octanol–water partition coefficient (Wildman–Crippen LogP) is 0.237. The van der Waals surface area contributed by atoms with Gasteiger partial charge in [0, 0.05) is 6.20 Å². The van der Waals surface area contributed by atoms with E-state index >= 15 is 0 Å². The van der Waals surface area contributed by atoms with Crippen LogP contribution in [0.2, 0.25) is 5.28 Å². The lowest BCUT2D eigenvalue weighted by molar-refractivity contribution is 0.0996. The van der Waals surface area contributed by atoms with Gasteiger partial charge in [-0.15, -0.1) is 0 Å². The van der Waals surface area contributed by atoms with Crippen LogP contribution in [0.15, 0.2) is 6.20 Å². The van der Waals surface area contributed by atoms with Gasteiger partial charge in [-0.2, -0.15) is 4.98 Å². The lowest BCUT2D eigenvalue weighted by atomic mass is 10.3. The molecule has 1 rings (SSSR count). The van der Waals surface area contributed by atoms with E-state index in [4.69, 9.17) is 22.1 Å². The van der Waals surface area contributed by atoms with E-state index in [1.165, 1.54) is 13.3 Å². The monoisotopic (exact) mass is 187 g/mol. The van der Waals surface area contributed by atoms with E-state index in [1.54, 1.807) is 0 Å². The summed E-state index contributed by atoms with van der Waals surface area (Å²) in [6.07, 6.45) is 1.22. The molecule has 0 saturated heterocycles. The molecule has 0 aromatic carbocycles. The fourth-order valence-electron chi connectivity index (χ4n) is 0.671. The van der Waals surface area contributed by atoms with Crippen LogP contribution in [0.5, 0.6) is 5.88 Å². The van der Waals surface area contributed by atoms with Crippen molar-refractivity contribution < 1.29 is 9.53 Å². The van der Waals surface area contributed by atoms with Crippen molar-refractivity contribution in [3.05, 3.63) is 17.0 Å². The zero-order valence-electron chi connectivity index (χ0n) is 6.24. The van der Waals surface area contributed by atoms with Crippen molar-refractivity contribution in [2.24, 2.45) is 5.73 Å². The molecule has 0 bridgehead atoms. The molecule has 2 N–H and O–H groups in total. The minimum Gasteiger partial charge on any atom is -0.480 e. The van der Waals surface area contributed by atoms with Gasteiger partial charge in [-0.3, -0.25) is 4.79 Å². The zero-order chi connectivity index (χ0) is 9.14. The SMILES string of the molecule is COc1nc(Cl)ncc1C(N)=O. The normalized spacial score (nSPS) is 9.50. The van der Waals surface area contributed by atoms with Crippen LogP contribution in [-0.2, 0) is 0 Å². The number of nitrogens with two attached hydrogens (primary N) is 1. The van der Waals surface area contributed by atoms with E-state index in [2.05, 4.69) is 9.97 Å². The number of rotatable bonds is 2. The van der Waals surface area contributed by atoms with Gasteiger partial charge >= 0.3 is 0 Å². The van der Waals surface area contributed by atoms with Gasteiger partial charge in [-0.1, -0.05) is 0 Å². The summed E-state index contributed by atoms with van der Waals surface area (Å²) in [6.45, 7) is 0. The Morgan fingerprint density at radius 1 is 1.75 bits per heavy atom. The van der Waals surface area contributed by atoms with E-state index in [0.29, 0.717) is 0 Å². The van der Waals surface area contributed by atoms with Crippen molar-refractivity contribution in [2.45, 2.75) is 0 Å². The summed E-state index contributed by atoms with van der Waals surface area (Å²) in [4.78, 5) is 17.9. The van der Waals surface area contributed by atoms with Crippen molar-refractivity contribution in [3.8, 4) is 5.88 Å². The summed E-state index contributed by atoms with van der Waals surface area (Å²) in [6, 6.07) is 0. The highest BCUT2D eigenvalue weighted by Gasteiger charge is 2.10. The zero-order valence-corrected chi connectivity index (χ0v) is 7.00. The molecule has 0 unspecified atom stereocenters. The first-order valence-electron chi connectivity index (χ1n) is 3.01. The second kappa shape index (κ2) is 3.36. The van der Waals surface area contributed by atoms with E-state index in [0.717, 1.165) is 0 Å². The van der Waals surface area contributed by atoms with Gasteiger partial charge < -0.3 is 10.5 Å². The number of carbonyl (C=O) groups excluding carboxylic acids is 1. The molecular formula is C6H6ClN3O2. The highest BCUT2D eigenvalue weighted by atomic mass is 35.5. The standard InChI is InChI=1S/C6H6ClN3O2/c1-12-5-3(4(8)11)2-9-6(7)10-5/h2H,1H3,(H2,8,11). The number of hydrogen-bond donors (Lipinski definition) is 1. The number of carbonyl (C=O) groups is 1. The molecule has 0 aliphatic carbocycles. The van der Waals surface area contributed by atoms with Crippen LogP contribution in [0.25, 0.3) is 0 Å². The number of primary amides is 1. The Labute approximate surface area is 73.5 Å². The molecule has 1 heterocycles. The molecule has 1 aromatic heterocycles. The molecule has 0 aliphatic rings. The summed E-state index contributed by atoms with van der Waals surface area (Å²) in [7, 11) is 1.37. The number of amides is 1. The molecule has 5 nitrogen and oxygen atoms in total. The van der Waals surface area contributed by atoms with Gasteiger partial charge in [0.1, 0.15) is 5.56 Å². The quantitative estimate of drug-likeness (QED) is 0.673. The lowest BCUT2D eigenvalue weighted by Crippen LogP contribution is -2.13. The molecule has 0 fully saturated rings. The second-order valence-corrected chi connectivity index (χ2v) is 2.26. The van der Waals surface area contributed by atoms with E-state index < -0.39 is 5.91 Å². The Bertz CT molecular complexity index is 316. The maximum absolute atomic E-state index is 10.7. The van der Waals surface area contributed by atoms with Crippen LogP contribution in [0, 0.1) is 0 Å². The molecule has 64 valence electrons. The van der Waals surface area contributed by atoms with Gasteiger partial charge in [-0.25, -0.2) is 4.98 Å². The smallest absolute Gasteiger partial charge is 0.255 e. The lowest BCUT2D eigenvalue weighted by Gasteiger charge is -2.02. The molecule has 12 heavy (non-hydrogen) atoms. The first kappa shape index (κ1) is 8.73. The summed E-state index contributed by atoms with van der Waals surface area (Å²) < 4.78 is 4.75. The van der Waals surface area contributed by atoms with Crippen LogP contribution < -0.4 is 10.5 Å². The highest BCUT2D eigenvalue weighted by molar-refractivity contribution is 6.28. The minimum absolute atomic E-state index is 0.0110. The van der Waals surface area contributed by atoms with Gasteiger partial charge in [0.15, 0.2) is 0 Å². The summed E-state index contributed by atoms with van der Waals surface area (Å²) >= 11 is 5.45. The average Bonchev–Trinajstić information content (AvgIpc) is 2.03. The van der Waals surface area contributed by atoms with Gasteiger partial charge in [0.2, 0.25) is 11.2 Å². The molecule has 0 radical (unpaired) electrons. The van der Waals surface area contributed by atoms with Gasteiger partial charge in [0.25, 0.3) is 5.91 Å². The van der Waals surface area contributed by atoms with Gasteiger partial charge in [-0.05, 0) is 11.6 Å². The minimum atomic E-state index is -0.650. The Hall–Kier alpha value is -1.36. The first-order chi connectivity index (χ1) is 5.65. The van der Waals surface area contributed by atoms with Crippen molar-refractivity contribution in [1.29, 1.82) is 0 Å². The van der Waals surface area contributed by atoms with Crippen molar-refractivity contribution in [1.82, 2.24) is 9.97 Å². The summed E-state index contributed by atoms with van der Waals surface area (Å²) in [5.74, 6) is -0.564. The van der Waals surface area contributed by atoms with Crippen molar-refractivity contribution in [3.63, 3.8) is 0 Å². The van der Waals surface area contributed by atoms with Gasteiger partial charge in [0.05, 0.1) is 7.11 Å². The summed E-state index contributed by atoms with van der Waals surface area (Å²) in [5, 5.41) is 0.0110. The largest absolute Gasteiger partial charge is 0.480 e. The summed E-state index contributed by atoms with van der Waals surface area (Å²) in [5.41, 5.74) is 5.11. The molecule has 1 aromatic rings. The Kier molecular flexibility index (Phi) is 2.44. The van der Waals surface area contributed by atoms with Crippen LogP contribution in [0.1, 0.15) is 10.4 Å². The third-order valence-corrected chi connectivity index (χ3v) is 1.37. The molecule has 0 atom stereocenters. The number of halogens is 1. The Balaban J connectivity index is 3.20.